The fourth-order valence-electron chi connectivity index (χ4n) is 1.79. The first-order valence-electron chi connectivity index (χ1n) is 5.16. The van der Waals surface area contributed by atoms with E-state index >= 15 is 0 Å². The topological polar surface area (TPSA) is 60.9 Å². The molecule has 0 fully saturated rings. The SMILES string of the molecule is CC(C(N)=O)n1c(CCl)nc2cc(Br)c(F)cc21. The number of halogens is 3. The third kappa shape index (κ3) is 2.10. The highest BCUT2D eigenvalue weighted by Gasteiger charge is 2.20. The van der Waals surface area contributed by atoms with Gasteiger partial charge in [-0.05, 0) is 28.9 Å². The van der Waals surface area contributed by atoms with Gasteiger partial charge in [0, 0.05) is 6.07 Å². The Morgan fingerprint density at radius 1 is 1.67 bits per heavy atom. The van der Waals surface area contributed by atoms with Crippen molar-refractivity contribution in [3.05, 3.63) is 28.2 Å². The van der Waals surface area contributed by atoms with Crippen LogP contribution in [0.1, 0.15) is 18.8 Å². The van der Waals surface area contributed by atoms with Crippen LogP contribution in [0.25, 0.3) is 11.0 Å². The smallest absolute Gasteiger partial charge is 0.240 e. The second-order valence-electron chi connectivity index (χ2n) is 3.87. The first-order chi connectivity index (χ1) is 8.45. The van der Waals surface area contributed by atoms with Crippen molar-refractivity contribution in [1.82, 2.24) is 9.55 Å². The predicted octanol–water partition coefficient (Wildman–Crippen LogP) is 2.72. The molecule has 0 bridgehead atoms. The summed E-state index contributed by atoms with van der Waals surface area (Å²) in [5, 5.41) is 0. The fourth-order valence-corrected chi connectivity index (χ4v) is 2.31. The lowest BCUT2D eigenvalue weighted by atomic mass is 10.2. The van der Waals surface area contributed by atoms with Gasteiger partial charge in [-0.15, -0.1) is 11.6 Å². The molecule has 0 saturated carbocycles. The molecule has 1 unspecified atom stereocenters. The Hall–Kier alpha value is -1.14. The van der Waals surface area contributed by atoms with Gasteiger partial charge in [-0.25, -0.2) is 9.37 Å². The Morgan fingerprint density at radius 2 is 2.33 bits per heavy atom. The lowest BCUT2D eigenvalue weighted by Gasteiger charge is -2.13. The monoisotopic (exact) mass is 333 g/mol. The molecule has 0 aliphatic heterocycles. The minimum atomic E-state index is -0.635. The molecule has 7 heteroatoms. The number of imidazole rings is 1. The lowest BCUT2D eigenvalue weighted by Crippen LogP contribution is -2.25. The minimum Gasteiger partial charge on any atom is -0.368 e. The molecular formula is C11H10BrClFN3O. The summed E-state index contributed by atoms with van der Waals surface area (Å²) in [6.07, 6.45) is 0. The van der Waals surface area contributed by atoms with Crippen LogP contribution in [0, 0.1) is 5.82 Å². The number of alkyl halides is 1. The van der Waals surface area contributed by atoms with E-state index in [9.17, 15) is 9.18 Å². The molecule has 4 nitrogen and oxygen atoms in total. The van der Waals surface area contributed by atoms with E-state index < -0.39 is 17.8 Å². The van der Waals surface area contributed by atoms with E-state index in [1.807, 2.05) is 0 Å². The largest absolute Gasteiger partial charge is 0.368 e. The number of fused-ring (bicyclic) bond motifs is 1. The van der Waals surface area contributed by atoms with Crippen molar-refractivity contribution in [3.63, 3.8) is 0 Å². The normalized spacial score (nSPS) is 12.9. The van der Waals surface area contributed by atoms with Gasteiger partial charge >= 0.3 is 0 Å². The summed E-state index contributed by atoms with van der Waals surface area (Å²) in [6, 6.07) is 2.22. The van der Waals surface area contributed by atoms with Crippen LogP contribution < -0.4 is 5.73 Å². The van der Waals surface area contributed by atoms with E-state index in [0.717, 1.165) is 0 Å². The Kier molecular flexibility index (Phi) is 3.59. The summed E-state index contributed by atoms with van der Waals surface area (Å²) in [7, 11) is 0. The summed E-state index contributed by atoms with van der Waals surface area (Å²) in [6.45, 7) is 1.62. The summed E-state index contributed by atoms with van der Waals surface area (Å²) in [5.41, 5.74) is 6.34. The second-order valence-corrected chi connectivity index (χ2v) is 4.99. The number of amides is 1. The molecule has 18 heavy (non-hydrogen) atoms. The van der Waals surface area contributed by atoms with Crippen molar-refractivity contribution in [2.45, 2.75) is 18.8 Å². The van der Waals surface area contributed by atoms with Crippen molar-refractivity contribution in [3.8, 4) is 0 Å². The van der Waals surface area contributed by atoms with E-state index in [-0.39, 0.29) is 5.88 Å². The van der Waals surface area contributed by atoms with Crippen LogP contribution in [-0.4, -0.2) is 15.5 Å². The first-order valence-corrected chi connectivity index (χ1v) is 6.49. The standard InChI is InChI=1S/C11H10BrClFN3O/c1-5(11(15)18)17-9-3-7(14)6(12)2-8(9)16-10(17)4-13/h2-3,5H,4H2,1H3,(H2,15,18). The number of nitrogens with two attached hydrogens (primary N) is 1. The molecule has 1 aromatic carbocycles. The van der Waals surface area contributed by atoms with Gasteiger partial charge in [0.05, 0.1) is 21.4 Å². The molecule has 1 heterocycles. The fraction of sp³-hybridized carbons (Fsp3) is 0.273. The molecule has 1 aromatic heterocycles. The van der Waals surface area contributed by atoms with Gasteiger partial charge in [-0.3, -0.25) is 4.79 Å². The average Bonchev–Trinajstić information content (AvgIpc) is 2.66. The van der Waals surface area contributed by atoms with E-state index in [1.54, 1.807) is 17.6 Å². The number of hydrogen-bond donors (Lipinski definition) is 1. The van der Waals surface area contributed by atoms with Crippen molar-refractivity contribution in [1.29, 1.82) is 0 Å². The van der Waals surface area contributed by atoms with Gasteiger partial charge in [0.25, 0.3) is 0 Å². The Labute approximate surface area is 116 Å². The number of carbonyl (C=O) groups is 1. The summed E-state index contributed by atoms with van der Waals surface area (Å²) in [5.74, 6) is -0.355. The van der Waals surface area contributed by atoms with Crippen LogP contribution in [0.4, 0.5) is 4.39 Å². The van der Waals surface area contributed by atoms with E-state index in [2.05, 4.69) is 20.9 Å². The van der Waals surface area contributed by atoms with Crippen molar-refractivity contribution < 1.29 is 9.18 Å². The van der Waals surface area contributed by atoms with E-state index in [4.69, 9.17) is 17.3 Å². The maximum atomic E-state index is 13.6. The highest BCUT2D eigenvalue weighted by atomic mass is 79.9. The number of nitrogens with zero attached hydrogens (tertiary/aromatic N) is 2. The number of rotatable bonds is 3. The zero-order chi connectivity index (χ0) is 13.4. The summed E-state index contributed by atoms with van der Waals surface area (Å²) >= 11 is 8.88. The highest BCUT2D eigenvalue weighted by molar-refractivity contribution is 9.10. The summed E-state index contributed by atoms with van der Waals surface area (Å²) in [4.78, 5) is 15.6. The Balaban J connectivity index is 2.76. The maximum absolute atomic E-state index is 13.6. The third-order valence-corrected chi connectivity index (χ3v) is 3.57. The zero-order valence-corrected chi connectivity index (χ0v) is 11.8. The van der Waals surface area contributed by atoms with Crippen LogP contribution in [0.15, 0.2) is 16.6 Å². The van der Waals surface area contributed by atoms with E-state index in [1.165, 1.54) is 6.07 Å². The molecular weight excluding hydrogens is 324 g/mol. The molecule has 0 radical (unpaired) electrons. The lowest BCUT2D eigenvalue weighted by molar-refractivity contribution is -0.120. The molecule has 1 atom stereocenters. The highest BCUT2D eigenvalue weighted by Crippen LogP contribution is 2.27. The van der Waals surface area contributed by atoms with Crippen LogP contribution in [0.5, 0.6) is 0 Å². The maximum Gasteiger partial charge on any atom is 0.240 e. The van der Waals surface area contributed by atoms with Crippen molar-refractivity contribution in [2.24, 2.45) is 5.73 Å². The molecule has 2 rings (SSSR count). The molecule has 0 aliphatic carbocycles. The predicted molar refractivity (Wildman–Crippen MR) is 70.9 cm³/mol. The molecule has 1 amide bonds. The molecule has 2 aromatic rings. The number of benzene rings is 1. The van der Waals surface area contributed by atoms with Gasteiger partial charge < -0.3 is 10.3 Å². The average molecular weight is 335 g/mol. The Morgan fingerprint density at radius 3 is 2.89 bits per heavy atom. The van der Waals surface area contributed by atoms with E-state index in [0.29, 0.717) is 21.3 Å². The first kappa shape index (κ1) is 13.3. The third-order valence-electron chi connectivity index (χ3n) is 2.72. The zero-order valence-electron chi connectivity index (χ0n) is 9.45. The van der Waals surface area contributed by atoms with Crippen LogP contribution in [0.2, 0.25) is 0 Å². The summed E-state index contributed by atoms with van der Waals surface area (Å²) < 4.78 is 15.4. The Bertz CT molecular complexity index is 628. The molecule has 0 spiro atoms. The minimum absolute atomic E-state index is 0.117. The van der Waals surface area contributed by atoms with Gasteiger partial charge in [0.2, 0.25) is 5.91 Å². The number of carbonyl (C=O) groups excluding carboxylic acids is 1. The van der Waals surface area contributed by atoms with Gasteiger partial charge in [0.1, 0.15) is 17.7 Å². The van der Waals surface area contributed by atoms with Crippen LogP contribution >= 0.6 is 27.5 Å². The molecule has 0 aliphatic rings. The quantitative estimate of drug-likeness (QED) is 0.877. The molecule has 0 saturated heterocycles. The van der Waals surface area contributed by atoms with Gasteiger partial charge in [-0.2, -0.15) is 0 Å². The van der Waals surface area contributed by atoms with Crippen LogP contribution in [0.3, 0.4) is 0 Å². The number of primary amides is 1. The number of aromatic nitrogens is 2. The van der Waals surface area contributed by atoms with Crippen LogP contribution in [-0.2, 0) is 10.7 Å². The molecule has 2 N–H and O–H groups in total. The van der Waals surface area contributed by atoms with Crippen molar-refractivity contribution >= 4 is 44.5 Å². The second kappa shape index (κ2) is 4.85. The van der Waals surface area contributed by atoms with Gasteiger partial charge in [-0.1, -0.05) is 0 Å². The van der Waals surface area contributed by atoms with Gasteiger partial charge in [0.15, 0.2) is 0 Å². The molecule has 96 valence electrons. The van der Waals surface area contributed by atoms with Crippen molar-refractivity contribution in [2.75, 3.05) is 0 Å². The number of hydrogen-bond acceptors (Lipinski definition) is 2.